The quantitative estimate of drug-likeness (QED) is 0.785. The summed E-state index contributed by atoms with van der Waals surface area (Å²) >= 11 is 0. The van der Waals surface area contributed by atoms with Gasteiger partial charge in [-0.3, -0.25) is 9.59 Å². The lowest BCUT2D eigenvalue weighted by Gasteiger charge is -2.41. The molecule has 2 bridgehead atoms. The van der Waals surface area contributed by atoms with Gasteiger partial charge in [-0.2, -0.15) is 0 Å². The smallest absolute Gasteiger partial charge is 0.303 e. The number of hydrogen-bond donors (Lipinski definition) is 2. The lowest BCUT2D eigenvalue weighted by molar-refractivity contribution is -0.142. The summed E-state index contributed by atoms with van der Waals surface area (Å²) in [6.07, 6.45) is 9.07. The third kappa shape index (κ3) is 2.84. The van der Waals surface area contributed by atoms with E-state index < -0.39 is 5.97 Å². The van der Waals surface area contributed by atoms with Gasteiger partial charge in [-0.25, -0.2) is 0 Å². The number of carboxylic acids is 1. The predicted molar refractivity (Wildman–Crippen MR) is 75.1 cm³/mol. The maximum absolute atomic E-state index is 12.1. The number of carbonyl (C=O) groups excluding carboxylic acids is 1. The van der Waals surface area contributed by atoms with E-state index in [1.165, 1.54) is 25.7 Å². The minimum atomic E-state index is -0.743. The van der Waals surface area contributed by atoms with Crippen molar-refractivity contribution in [3.8, 4) is 0 Å². The molecule has 0 aromatic rings. The average molecular weight is 279 g/mol. The molecule has 0 aromatic heterocycles. The number of rotatable bonds is 6. The van der Waals surface area contributed by atoms with Crippen LogP contribution in [0, 0.1) is 23.2 Å². The molecule has 3 saturated carbocycles. The lowest BCUT2D eigenvalue weighted by Crippen LogP contribution is -2.44. The van der Waals surface area contributed by atoms with Crippen LogP contribution < -0.4 is 5.32 Å². The molecule has 3 rings (SSSR count). The second kappa shape index (κ2) is 5.38. The summed E-state index contributed by atoms with van der Waals surface area (Å²) in [7, 11) is 0. The van der Waals surface area contributed by atoms with Gasteiger partial charge in [0.1, 0.15) is 0 Å². The molecule has 4 heteroatoms. The first kappa shape index (κ1) is 13.9. The van der Waals surface area contributed by atoms with Gasteiger partial charge in [-0.15, -0.1) is 0 Å². The van der Waals surface area contributed by atoms with Gasteiger partial charge in [0, 0.05) is 13.0 Å². The molecule has 3 aliphatic rings. The first-order chi connectivity index (χ1) is 9.56. The molecule has 0 heterocycles. The molecule has 1 amide bonds. The Hall–Kier alpha value is -1.06. The fourth-order valence-electron chi connectivity index (χ4n) is 4.64. The molecule has 3 atom stereocenters. The Bertz CT molecular complexity index is 403. The molecule has 0 aliphatic heterocycles. The zero-order chi connectivity index (χ0) is 14.2. The van der Waals surface area contributed by atoms with Crippen LogP contribution in [0.15, 0.2) is 0 Å². The molecule has 112 valence electrons. The highest BCUT2D eigenvalue weighted by Gasteiger charge is 2.41. The van der Waals surface area contributed by atoms with Crippen molar-refractivity contribution >= 4 is 11.9 Å². The van der Waals surface area contributed by atoms with Crippen LogP contribution in [0.5, 0.6) is 0 Å². The summed E-state index contributed by atoms with van der Waals surface area (Å²) in [5.41, 5.74) is -0.157. The van der Waals surface area contributed by atoms with Crippen LogP contribution in [0.4, 0.5) is 0 Å². The molecule has 4 nitrogen and oxygen atoms in total. The standard InChI is InChI=1S/C16H25NO3/c18-14(8-13-7-11-2-3-12(13)6-11)17-10-16(4-1-5-16)9-15(19)20/h11-13H,1-10H2,(H,17,18)(H,19,20). The van der Waals surface area contributed by atoms with Crippen molar-refractivity contribution in [1.29, 1.82) is 0 Å². The van der Waals surface area contributed by atoms with Gasteiger partial charge >= 0.3 is 5.97 Å². The first-order valence-electron chi connectivity index (χ1n) is 8.05. The van der Waals surface area contributed by atoms with Crippen molar-refractivity contribution in [2.45, 2.75) is 57.8 Å². The highest BCUT2D eigenvalue weighted by molar-refractivity contribution is 5.76. The van der Waals surface area contributed by atoms with Crippen LogP contribution in [-0.2, 0) is 9.59 Å². The van der Waals surface area contributed by atoms with E-state index in [2.05, 4.69) is 5.32 Å². The third-order valence-corrected chi connectivity index (χ3v) is 5.93. The Kier molecular flexibility index (Phi) is 3.74. The maximum atomic E-state index is 12.1. The Labute approximate surface area is 120 Å². The third-order valence-electron chi connectivity index (χ3n) is 5.93. The second-order valence-electron chi connectivity index (χ2n) is 7.34. The summed E-state index contributed by atoms with van der Waals surface area (Å²) < 4.78 is 0. The highest BCUT2D eigenvalue weighted by atomic mass is 16.4. The van der Waals surface area contributed by atoms with Crippen LogP contribution in [0.2, 0.25) is 0 Å². The molecule has 3 aliphatic carbocycles. The van der Waals surface area contributed by atoms with Crippen molar-refractivity contribution in [3.05, 3.63) is 0 Å². The fraction of sp³-hybridized carbons (Fsp3) is 0.875. The molecule has 20 heavy (non-hydrogen) atoms. The molecular formula is C16H25NO3. The summed E-state index contributed by atoms with van der Waals surface area (Å²) in [5.74, 6) is 1.64. The number of carboxylic acid groups (broad SMARTS) is 1. The summed E-state index contributed by atoms with van der Waals surface area (Å²) in [5, 5.41) is 12.0. The summed E-state index contributed by atoms with van der Waals surface area (Å²) in [6, 6.07) is 0. The first-order valence-corrected chi connectivity index (χ1v) is 8.05. The largest absolute Gasteiger partial charge is 0.481 e. The van der Waals surface area contributed by atoms with E-state index in [9.17, 15) is 9.59 Å². The van der Waals surface area contributed by atoms with Crippen LogP contribution in [0.3, 0.4) is 0 Å². The van der Waals surface area contributed by atoms with Gasteiger partial charge in [-0.05, 0) is 55.3 Å². The molecule has 3 unspecified atom stereocenters. The molecular weight excluding hydrogens is 254 g/mol. The van der Waals surface area contributed by atoms with Crippen molar-refractivity contribution in [2.24, 2.45) is 23.2 Å². The number of carbonyl (C=O) groups is 2. The van der Waals surface area contributed by atoms with Gasteiger partial charge in [0.15, 0.2) is 0 Å². The van der Waals surface area contributed by atoms with Gasteiger partial charge in [0.05, 0.1) is 6.42 Å². The van der Waals surface area contributed by atoms with E-state index in [0.717, 1.165) is 31.1 Å². The van der Waals surface area contributed by atoms with Crippen molar-refractivity contribution in [1.82, 2.24) is 5.32 Å². The fourth-order valence-corrected chi connectivity index (χ4v) is 4.64. The summed E-state index contributed by atoms with van der Waals surface area (Å²) in [6.45, 7) is 0.555. The van der Waals surface area contributed by atoms with Gasteiger partial charge < -0.3 is 10.4 Å². The van der Waals surface area contributed by atoms with Crippen LogP contribution in [0.1, 0.15) is 57.8 Å². The molecule has 0 radical (unpaired) electrons. The molecule has 0 saturated heterocycles. The van der Waals surface area contributed by atoms with Crippen molar-refractivity contribution < 1.29 is 14.7 Å². The average Bonchev–Trinajstić information content (AvgIpc) is 2.94. The molecule has 3 fully saturated rings. The van der Waals surface area contributed by atoms with E-state index in [1.807, 2.05) is 0 Å². The Morgan fingerprint density at radius 3 is 2.50 bits per heavy atom. The van der Waals surface area contributed by atoms with E-state index in [1.54, 1.807) is 0 Å². The molecule has 2 N–H and O–H groups in total. The van der Waals surface area contributed by atoms with E-state index in [0.29, 0.717) is 18.9 Å². The second-order valence-corrected chi connectivity index (χ2v) is 7.34. The van der Waals surface area contributed by atoms with E-state index >= 15 is 0 Å². The van der Waals surface area contributed by atoms with Crippen LogP contribution in [-0.4, -0.2) is 23.5 Å². The van der Waals surface area contributed by atoms with Crippen LogP contribution in [0.25, 0.3) is 0 Å². The number of nitrogens with one attached hydrogen (secondary N) is 1. The Morgan fingerprint density at radius 1 is 1.20 bits per heavy atom. The lowest BCUT2D eigenvalue weighted by atomic mass is 9.66. The predicted octanol–water partition coefficient (Wildman–Crippen LogP) is 2.57. The number of amides is 1. The van der Waals surface area contributed by atoms with E-state index in [-0.39, 0.29) is 17.7 Å². The highest BCUT2D eigenvalue weighted by Crippen LogP contribution is 2.49. The normalized spacial score (nSPS) is 33.7. The topological polar surface area (TPSA) is 66.4 Å². The molecule has 0 spiro atoms. The SMILES string of the molecule is O=C(O)CC1(CNC(=O)CC2CC3CCC2C3)CCC1. The van der Waals surface area contributed by atoms with Crippen molar-refractivity contribution in [2.75, 3.05) is 6.54 Å². The summed E-state index contributed by atoms with van der Waals surface area (Å²) in [4.78, 5) is 23.0. The minimum absolute atomic E-state index is 0.138. The zero-order valence-electron chi connectivity index (χ0n) is 12.1. The van der Waals surface area contributed by atoms with Crippen LogP contribution >= 0.6 is 0 Å². The van der Waals surface area contributed by atoms with Crippen molar-refractivity contribution in [3.63, 3.8) is 0 Å². The number of hydrogen-bond acceptors (Lipinski definition) is 2. The van der Waals surface area contributed by atoms with Gasteiger partial charge in [0.2, 0.25) is 5.91 Å². The minimum Gasteiger partial charge on any atom is -0.481 e. The Morgan fingerprint density at radius 2 is 2.00 bits per heavy atom. The molecule has 0 aromatic carbocycles. The van der Waals surface area contributed by atoms with Gasteiger partial charge in [0.25, 0.3) is 0 Å². The number of aliphatic carboxylic acids is 1. The number of fused-ring (bicyclic) bond motifs is 2. The van der Waals surface area contributed by atoms with Gasteiger partial charge in [-0.1, -0.05) is 12.8 Å². The Balaban J connectivity index is 1.44. The van der Waals surface area contributed by atoms with E-state index in [4.69, 9.17) is 5.11 Å². The maximum Gasteiger partial charge on any atom is 0.303 e. The monoisotopic (exact) mass is 279 g/mol. The zero-order valence-corrected chi connectivity index (χ0v) is 12.1.